The van der Waals surface area contributed by atoms with E-state index < -0.39 is 0 Å². The van der Waals surface area contributed by atoms with E-state index in [1.54, 1.807) is 0 Å². The quantitative estimate of drug-likeness (QED) is 0.857. The largest absolute Gasteiger partial charge is 0.348 e. The molecule has 4 nitrogen and oxygen atoms in total. The lowest BCUT2D eigenvalue weighted by molar-refractivity contribution is 0.488. The summed E-state index contributed by atoms with van der Waals surface area (Å²) in [4.78, 5) is 4.21. The molecule has 1 aliphatic carbocycles. The second kappa shape index (κ2) is 6.48. The number of nitrogens with one attached hydrogen (secondary N) is 1. The third-order valence-corrected chi connectivity index (χ3v) is 4.46. The van der Waals surface area contributed by atoms with Crippen molar-refractivity contribution >= 4 is 0 Å². The number of imidazole rings is 1. The Morgan fingerprint density at radius 3 is 3.00 bits per heavy atom. The summed E-state index contributed by atoms with van der Waals surface area (Å²) in [5.74, 6) is 0. The molecule has 1 aliphatic rings. The zero-order valence-electron chi connectivity index (χ0n) is 13.2. The van der Waals surface area contributed by atoms with E-state index in [4.69, 9.17) is 0 Å². The zero-order valence-corrected chi connectivity index (χ0v) is 13.2. The molecule has 0 aromatic carbocycles. The lowest BCUT2D eigenvalue weighted by Crippen LogP contribution is -2.21. The Morgan fingerprint density at radius 1 is 1.33 bits per heavy atom. The Hall–Kier alpha value is -1.55. The highest BCUT2D eigenvalue weighted by Gasteiger charge is 2.20. The summed E-state index contributed by atoms with van der Waals surface area (Å²) < 4.78 is 4.42. The summed E-state index contributed by atoms with van der Waals surface area (Å²) in [5, 5.41) is 3.72. The molecule has 0 fully saturated rings. The minimum Gasteiger partial charge on any atom is -0.348 e. The zero-order chi connectivity index (χ0) is 14.7. The highest BCUT2D eigenvalue weighted by Crippen LogP contribution is 2.29. The van der Waals surface area contributed by atoms with Crippen LogP contribution in [0.5, 0.6) is 0 Å². The minimum atomic E-state index is 0.537. The number of fused-ring (bicyclic) bond motifs is 1. The molecule has 0 saturated heterocycles. The molecule has 0 aliphatic heterocycles. The predicted octanol–water partition coefficient (Wildman–Crippen LogP) is 3.04. The van der Waals surface area contributed by atoms with Gasteiger partial charge in [0.2, 0.25) is 0 Å². The van der Waals surface area contributed by atoms with Crippen molar-refractivity contribution in [2.75, 3.05) is 6.54 Å². The number of aromatic nitrogens is 3. The molecule has 21 heavy (non-hydrogen) atoms. The first kappa shape index (κ1) is 14.4. The van der Waals surface area contributed by atoms with Crippen molar-refractivity contribution in [1.29, 1.82) is 0 Å². The molecule has 3 rings (SSSR count). The van der Waals surface area contributed by atoms with E-state index in [1.165, 1.54) is 48.9 Å². The van der Waals surface area contributed by atoms with Crippen molar-refractivity contribution in [2.24, 2.45) is 7.05 Å². The van der Waals surface area contributed by atoms with Crippen molar-refractivity contribution in [3.05, 3.63) is 41.7 Å². The van der Waals surface area contributed by atoms with Crippen LogP contribution in [0.3, 0.4) is 0 Å². The standard InChI is InChI=1S/C17H26N4/c1-3-8-19-17-7-5-4-6-14-10-21(12-16(14)17)11-15-9-18-13-20(15)2/h9-10,12-13,17,19H,3-8,11H2,1-2H3. The number of nitrogens with zero attached hydrogens (tertiary/aromatic N) is 3. The third-order valence-electron chi connectivity index (χ3n) is 4.46. The van der Waals surface area contributed by atoms with Crippen molar-refractivity contribution in [1.82, 2.24) is 19.4 Å². The second-order valence-electron chi connectivity index (χ2n) is 6.16. The molecule has 2 aromatic rings. The van der Waals surface area contributed by atoms with Gasteiger partial charge in [0.15, 0.2) is 0 Å². The normalized spacial score (nSPS) is 18.5. The monoisotopic (exact) mass is 286 g/mol. The molecule has 0 amide bonds. The molecule has 0 radical (unpaired) electrons. The molecule has 1 atom stereocenters. The summed E-state index contributed by atoms with van der Waals surface area (Å²) in [6.07, 6.45) is 14.8. The number of aryl methyl sites for hydroxylation is 2. The van der Waals surface area contributed by atoms with Crippen molar-refractivity contribution < 1.29 is 0 Å². The third kappa shape index (κ3) is 3.21. The topological polar surface area (TPSA) is 34.8 Å². The van der Waals surface area contributed by atoms with Crippen LogP contribution in [0.4, 0.5) is 0 Å². The number of hydrogen-bond donors (Lipinski definition) is 1. The lowest BCUT2D eigenvalue weighted by Gasteiger charge is -2.16. The van der Waals surface area contributed by atoms with E-state index in [9.17, 15) is 0 Å². The maximum absolute atomic E-state index is 4.21. The van der Waals surface area contributed by atoms with Crippen LogP contribution >= 0.6 is 0 Å². The fourth-order valence-electron chi connectivity index (χ4n) is 3.26. The molecule has 1 N–H and O–H groups in total. The van der Waals surface area contributed by atoms with Crippen LogP contribution in [0.2, 0.25) is 0 Å². The van der Waals surface area contributed by atoms with Crippen molar-refractivity contribution in [2.45, 2.75) is 51.6 Å². The second-order valence-corrected chi connectivity index (χ2v) is 6.16. The van der Waals surface area contributed by atoms with Crippen LogP contribution in [-0.4, -0.2) is 20.7 Å². The van der Waals surface area contributed by atoms with Gasteiger partial charge in [-0.05, 0) is 43.4 Å². The Kier molecular flexibility index (Phi) is 4.44. The first-order valence-electron chi connectivity index (χ1n) is 8.15. The average Bonchev–Trinajstić information content (AvgIpc) is 3.01. The van der Waals surface area contributed by atoms with Gasteiger partial charge >= 0.3 is 0 Å². The van der Waals surface area contributed by atoms with Gasteiger partial charge in [-0.15, -0.1) is 0 Å². The molecular weight excluding hydrogens is 260 g/mol. The molecule has 1 unspecified atom stereocenters. The summed E-state index contributed by atoms with van der Waals surface area (Å²) in [7, 11) is 2.06. The Bertz CT molecular complexity index is 581. The highest BCUT2D eigenvalue weighted by molar-refractivity contribution is 5.29. The van der Waals surface area contributed by atoms with Crippen molar-refractivity contribution in [3.8, 4) is 0 Å². The van der Waals surface area contributed by atoms with Crippen LogP contribution in [0.25, 0.3) is 0 Å². The molecule has 0 bridgehead atoms. The van der Waals surface area contributed by atoms with Gasteiger partial charge in [0.05, 0.1) is 18.6 Å². The van der Waals surface area contributed by atoms with E-state index in [0.717, 1.165) is 13.1 Å². The molecule has 4 heteroatoms. The Labute approximate surface area is 127 Å². The maximum Gasteiger partial charge on any atom is 0.0946 e. The van der Waals surface area contributed by atoms with Crippen LogP contribution < -0.4 is 5.32 Å². The summed E-state index contributed by atoms with van der Waals surface area (Å²) in [6.45, 7) is 4.25. The number of rotatable bonds is 5. The van der Waals surface area contributed by atoms with Gasteiger partial charge in [-0.3, -0.25) is 0 Å². The van der Waals surface area contributed by atoms with Gasteiger partial charge < -0.3 is 14.5 Å². The molecule has 2 heterocycles. The SMILES string of the molecule is CCCNC1CCCCc2cn(Cc3cncn3C)cc21. The van der Waals surface area contributed by atoms with Gasteiger partial charge in [0.25, 0.3) is 0 Å². The summed E-state index contributed by atoms with van der Waals surface area (Å²) in [5.41, 5.74) is 4.30. The fourth-order valence-corrected chi connectivity index (χ4v) is 3.26. The van der Waals surface area contributed by atoms with Crippen LogP contribution in [-0.2, 0) is 20.0 Å². The van der Waals surface area contributed by atoms with E-state index >= 15 is 0 Å². The van der Waals surface area contributed by atoms with Gasteiger partial charge in [-0.25, -0.2) is 4.98 Å². The predicted molar refractivity (Wildman–Crippen MR) is 85.3 cm³/mol. The lowest BCUT2D eigenvalue weighted by atomic mass is 10.0. The smallest absolute Gasteiger partial charge is 0.0946 e. The van der Waals surface area contributed by atoms with Crippen LogP contribution in [0.1, 0.15) is 55.5 Å². The molecular formula is C17H26N4. The minimum absolute atomic E-state index is 0.537. The highest BCUT2D eigenvalue weighted by atomic mass is 15.1. The van der Waals surface area contributed by atoms with E-state index in [2.05, 4.69) is 45.8 Å². The Balaban J connectivity index is 1.81. The van der Waals surface area contributed by atoms with Gasteiger partial charge in [-0.1, -0.05) is 13.3 Å². The van der Waals surface area contributed by atoms with Crippen LogP contribution in [0, 0.1) is 0 Å². The fraction of sp³-hybridized carbons (Fsp3) is 0.588. The van der Waals surface area contributed by atoms with Gasteiger partial charge in [-0.2, -0.15) is 0 Å². The average molecular weight is 286 g/mol. The van der Waals surface area contributed by atoms with Crippen LogP contribution in [0.15, 0.2) is 24.9 Å². The molecule has 0 spiro atoms. The molecule has 0 saturated carbocycles. The summed E-state index contributed by atoms with van der Waals surface area (Å²) in [6, 6.07) is 0.537. The first-order valence-corrected chi connectivity index (χ1v) is 8.15. The van der Waals surface area contributed by atoms with Crippen molar-refractivity contribution in [3.63, 3.8) is 0 Å². The first-order chi connectivity index (χ1) is 10.3. The Morgan fingerprint density at radius 2 is 2.24 bits per heavy atom. The maximum atomic E-state index is 4.21. The van der Waals surface area contributed by atoms with Gasteiger partial charge in [0, 0.05) is 31.7 Å². The summed E-state index contributed by atoms with van der Waals surface area (Å²) >= 11 is 0. The van der Waals surface area contributed by atoms with E-state index in [1.807, 2.05) is 12.5 Å². The van der Waals surface area contributed by atoms with Gasteiger partial charge in [0.1, 0.15) is 0 Å². The molecule has 114 valence electrons. The van der Waals surface area contributed by atoms with E-state index in [-0.39, 0.29) is 0 Å². The molecule has 2 aromatic heterocycles. The number of hydrogen-bond acceptors (Lipinski definition) is 2. The van der Waals surface area contributed by atoms with E-state index in [0.29, 0.717) is 6.04 Å².